The van der Waals surface area contributed by atoms with Crippen LogP contribution in [0.1, 0.15) is 15.9 Å². The lowest BCUT2D eigenvalue weighted by Gasteiger charge is -2.11. The highest BCUT2D eigenvalue weighted by Crippen LogP contribution is 2.17. The van der Waals surface area contributed by atoms with E-state index in [1.807, 2.05) is 40.9 Å². The maximum absolute atomic E-state index is 12.4. The van der Waals surface area contributed by atoms with Crippen molar-refractivity contribution in [2.24, 2.45) is 0 Å². The van der Waals surface area contributed by atoms with Gasteiger partial charge < -0.3 is 14.5 Å². The molecule has 0 aliphatic rings. The number of amides is 1. The van der Waals surface area contributed by atoms with E-state index in [1.165, 1.54) is 0 Å². The molecule has 3 aromatic rings. The third-order valence-electron chi connectivity index (χ3n) is 3.49. The minimum absolute atomic E-state index is 0.138. The molecule has 0 bridgehead atoms. The van der Waals surface area contributed by atoms with Gasteiger partial charge in [-0.25, -0.2) is 4.98 Å². The Labute approximate surface area is 128 Å². The number of fused-ring (bicyclic) bond motifs is 1. The fraction of sp³-hybridized carbons (Fsp3) is 0.176. The Bertz CT molecular complexity index is 795. The molecular weight excluding hydrogens is 278 g/mol. The highest BCUT2D eigenvalue weighted by Gasteiger charge is 2.09. The molecule has 0 radical (unpaired) electrons. The molecule has 1 amide bonds. The molecule has 0 spiro atoms. The number of para-hydroxylation sites is 1. The monoisotopic (exact) mass is 295 g/mol. The van der Waals surface area contributed by atoms with Crippen LogP contribution in [0.3, 0.4) is 0 Å². The van der Waals surface area contributed by atoms with Crippen molar-refractivity contribution in [2.75, 3.05) is 19.0 Å². The van der Waals surface area contributed by atoms with Gasteiger partial charge in [0.05, 0.1) is 12.2 Å². The summed E-state index contributed by atoms with van der Waals surface area (Å²) in [4.78, 5) is 16.6. The third kappa shape index (κ3) is 2.99. The Balaban J connectivity index is 1.81. The van der Waals surface area contributed by atoms with E-state index in [2.05, 4.69) is 10.3 Å². The number of anilines is 1. The average Bonchev–Trinajstić information content (AvgIpc) is 3.01. The van der Waals surface area contributed by atoms with Crippen molar-refractivity contribution in [3.8, 4) is 0 Å². The van der Waals surface area contributed by atoms with Crippen molar-refractivity contribution in [3.05, 3.63) is 66.1 Å². The van der Waals surface area contributed by atoms with E-state index in [0.29, 0.717) is 12.2 Å². The maximum atomic E-state index is 12.4. The summed E-state index contributed by atoms with van der Waals surface area (Å²) in [6.07, 6.45) is 6.05. The molecule has 0 saturated carbocycles. The van der Waals surface area contributed by atoms with Crippen LogP contribution < -0.4 is 5.32 Å². The Morgan fingerprint density at radius 2 is 2.14 bits per heavy atom. The molecule has 0 unspecified atom stereocenters. The predicted molar refractivity (Wildman–Crippen MR) is 85.2 cm³/mol. The van der Waals surface area contributed by atoms with Crippen molar-refractivity contribution < 1.29 is 9.53 Å². The van der Waals surface area contributed by atoms with Gasteiger partial charge >= 0.3 is 0 Å². The molecule has 1 aromatic carbocycles. The molecule has 2 aromatic heterocycles. The number of benzene rings is 1. The number of nitrogens with one attached hydrogen (secondary N) is 1. The minimum atomic E-state index is -0.138. The molecule has 112 valence electrons. The Kier molecular flexibility index (Phi) is 4.16. The first-order chi connectivity index (χ1) is 10.8. The number of ether oxygens (including phenoxy) is 1. The van der Waals surface area contributed by atoms with Crippen LogP contribution in [0.25, 0.3) is 5.65 Å². The highest BCUT2D eigenvalue weighted by molar-refractivity contribution is 6.04. The van der Waals surface area contributed by atoms with Gasteiger partial charge in [0.25, 0.3) is 5.91 Å². The van der Waals surface area contributed by atoms with E-state index >= 15 is 0 Å². The van der Waals surface area contributed by atoms with Gasteiger partial charge in [-0.3, -0.25) is 4.79 Å². The van der Waals surface area contributed by atoms with Gasteiger partial charge in [0.1, 0.15) is 5.65 Å². The number of imidazole rings is 1. The average molecular weight is 295 g/mol. The molecule has 5 nitrogen and oxygen atoms in total. The number of methoxy groups -OCH3 is 1. The number of carbonyl (C=O) groups excluding carboxylic acids is 1. The van der Waals surface area contributed by atoms with E-state index in [0.717, 1.165) is 23.3 Å². The van der Waals surface area contributed by atoms with E-state index in [9.17, 15) is 4.79 Å². The van der Waals surface area contributed by atoms with Crippen LogP contribution in [0.15, 0.2) is 55.0 Å². The van der Waals surface area contributed by atoms with Gasteiger partial charge in [0.2, 0.25) is 0 Å². The lowest BCUT2D eigenvalue weighted by Crippen LogP contribution is -2.14. The molecule has 0 atom stereocenters. The van der Waals surface area contributed by atoms with Crippen LogP contribution >= 0.6 is 0 Å². The number of hydrogen-bond acceptors (Lipinski definition) is 3. The topological polar surface area (TPSA) is 55.6 Å². The SMILES string of the molecule is COCCc1ccccc1NC(=O)c1ccc2nccn2c1. The normalized spacial score (nSPS) is 10.8. The molecule has 22 heavy (non-hydrogen) atoms. The Hall–Kier alpha value is -2.66. The van der Waals surface area contributed by atoms with Crippen molar-refractivity contribution in [2.45, 2.75) is 6.42 Å². The summed E-state index contributed by atoms with van der Waals surface area (Å²) in [6, 6.07) is 11.4. The van der Waals surface area contributed by atoms with E-state index in [-0.39, 0.29) is 5.91 Å². The second kappa shape index (κ2) is 6.41. The summed E-state index contributed by atoms with van der Waals surface area (Å²) in [6.45, 7) is 0.619. The predicted octanol–water partition coefficient (Wildman–Crippen LogP) is 2.78. The van der Waals surface area contributed by atoms with E-state index in [4.69, 9.17) is 4.74 Å². The zero-order valence-corrected chi connectivity index (χ0v) is 12.3. The van der Waals surface area contributed by atoms with Crippen molar-refractivity contribution in [3.63, 3.8) is 0 Å². The summed E-state index contributed by atoms with van der Waals surface area (Å²) in [5.41, 5.74) is 3.28. The summed E-state index contributed by atoms with van der Waals surface area (Å²) >= 11 is 0. The molecule has 1 N–H and O–H groups in total. The third-order valence-corrected chi connectivity index (χ3v) is 3.49. The molecule has 0 aliphatic carbocycles. The zero-order chi connectivity index (χ0) is 15.4. The van der Waals surface area contributed by atoms with Crippen molar-refractivity contribution in [1.29, 1.82) is 0 Å². The molecule has 0 saturated heterocycles. The van der Waals surface area contributed by atoms with Crippen molar-refractivity contribution >= 4 is 17.2 Å². The molecule has 2 heterocycles. The van der Waals surface area contributed by atoms with Crippen LogP contribution in [0.5, 0.6) is 0 Å². The van der Waals surface area contributed by atoms with E-state index < -0.39 is 0 Å². The lowest BCUT2D eigenvalue weighted by molar-refractivity contribution is 0.102. The first-order valence-electron chi connectivity index (χ1n) is 7.09. The first-order valence-corrected chi connectivity index (χ1v) is 7.09. The molecular formula is C17H17N3O2. The number of pyridine rings is 1. The van der Waals surface area contributed by atoms with Gasteiger partial charge in [-0.05, 0) is 30.2 Å². The number of aromatic nitrogens is 2. The molecule has 0 aliphatic heterocycles. The van der Waals surface area contributed by atoms with Gasteiger partial charge in [-0.15, -0.1) is 0 Å². The van der Waals surface area contributed by atoms with Crippen LogP contribution in [0.2, 0.25) is 0 Å². The van der Waals surface area contributed by atoms with Crippen LogP contribution in [0, 0.1) is 0 Å². The molecule has 0 fully saturated rings. The molecule has 3 rings (SSSR count). The standard InChI is InChI=1S/C17H17N3O2/c1-22-11-8-13-4-2-3-5-15(13)19-17(21)14-6-7-16-18-9-10-20(16)12-14/h2-7,9-10,12H,8,11H2,1H3,(H,19,21). The number of rotatable bonds is 5. The number of carbonyl (C=O) groups is 1. The lowest BCUT2D eigenvalue weighted by atomic mass is 10.1. The van der Waals surface area contributed by atoms with Crippen LogP contribution in [0.4, 0.5) is 5.69 Å². The second-order valence-corrected chi connectivity index (χ2v) is 4.96. The fourth-order valence-electron chi connectivity index (χ4n) is 2.32. The molecule has 5 heteroatoms. The quantitative estimate of drug-likeness (QED) is 0.787. The van der Waals surface area contributed by atoms with Crippen LogP contribution in [-0.2, 0) is 11.2 Å². The summed E-state index contributed by atoms with van der Waals surface area (Å²) in [5.74, 6) is -0.138. The fourth-order valence-corrected chi connectivity index (χ4v) is 2.32. The van der Waals surface area contributed by atoms with Gasteiger partial charge in [0.15, 0.2) is 0 Å². The Morgan fingerprint density at radius 1 is 1.27 bits per heavy atom. The zero-order valence-electron chi connectivity index (χ0n) is 12.3. The summed E-state index contributed by atoms with van der Waals surface area (Å²) in [7, 11) is 1.67. The highest BCUT2D eigenvalue weighted by atomic mass is 16.5. The van der Waals surface area contributed by atoms with Crippen molar-refractivity contribution in [1.82, 2.24) is 9.38 Å². The largest absolute Gasteiger partial charge is 0.384 e. The summed E-state index contributed by atoms with van der Waals surface area (Å²) in [5, 5.41) is 2.96. The minimum Gasteiger partial charge on any atom is -0.384 e. The maximum Gasteiger partial charge on any atom is 0.257 e. The number of hydrogen-bond donors (Lipinski definition) is 1. The Morgan fingerprint density at radius 3 is 3.00 bits per heavy atom. The smallest absolute Gasteiger partial charge is 0.257 e. The van der Waals surface area contributed by atoms with Crippen LogP contribution in [-0.4, -0.2) is 29.0 Å². The van der Waals surface area contributed by atoms with E-state index in [1.54, 1.807) is 25.6 Å². The first kappa shape index (κ1) is 14.3. The second-order valence-electron chi connectivity index (χ2n) is 4.96. The summed E-state index contributed by atoms with van der Waals surface area (Å²) < 4.78 is 6.93. The van der Waals surface area contributed by atoms with Gasteiger partial charge in [-0.1, -0.05) is 18.2 Å². The van der Waals surface area contributed by atoms with Gasteiger partial charge in [-0.2, -0.15) is 0 Å². The van der Waals surface area contributed by atoms with Gasteiger partial charge in [0, 0.05) is 31.4 Å². The number of nitrogens with zero attached hydrogens (tertiary/aromatic N) is 2.